The van der Waals surface area contributed by atoms with Gasteiger partial charge in [0.1, 0.15) is 5.57 Å². The van der Waals surface area contributed by atoms with E-state index >= 15 is 0 Å². The van der Waals surface area contributed by atoms with Crippen LogP contribution in [-0.2, 0) is 6.18 Å². The van der Waals surface area contributed by atoms with Gasteiger partial charge in [-0.25, -0.2) is 0 Å². The lowest BCUT2D eigenvalue weighted by molar-refractivity contribution is -0.171. The van der Waals surface area contributed by atoms with Gasteiger partial charge in [-0.2, -0.15) is 39.5 Å². The Kier molecular flexibility index (Phi) is 4.64. The third kappa shape index (κ3) is 4.50. The molecule has 1 nitrogen and oxygen atoms in total. The van der Waals surface area contributed by atoms with Crippen molar-refractivity contribution < 1.29 is 44.3 Å². The zero-order valence-corrected chi connectivity index (χ0v) is 10.2. The number of ketones is 1. The second-order valence-electron chi connectivity index (χ2n) is 4.00. The highest BCUT2D eigenvalue weighted by atomic mass is 19.4. The van der Waals surface area contributed by atoms with E-state index < -0.39 is 47.1 Å². The molecule has 0 N–H and O–H groups in total. The molecule has 0 aliphatic carbocycles. The van der Waals surface area contributed by atoms with E-state index in [0.717, 1.165) is 0 Å². The van der Waals surface area contributed by atoms with Crippen LogP contribution in [-0.4, -0.2) is 18.1 Å². The highest BCUT2D eigenvalue weighted by Crippen LogP contribution is 2.39. The van der Waals surface area contributed by atoms with E-state index in [9.17, 15) is 44.3 Å². The molecule has 0 spiro atoms. The molecule has 0 amide bonds. The van der Waals surface area contributed by atoms with Gasteiger partial charge in [0, 0.05) is 11.6 Å². The molecule has 0 aliphatic heterocycles. The standard InChI is InChI=1S/C12H5F9O/c13-10(14,15)7-3-1-2-6(4-7)8(22)5-9(11(16,17)18)12(19,20)21/h1-5H. The minimum absolute atomic E-state index is 0.170. The van der Waals surface area contributed by atoms with Crippen molar-refractivity contribution in [3.63, 3.8) is 0 Å². The first-order chi connectivity index (χ1) is 9.73. The molecule has 1 rings (SSSR count). The number of allylic oxidation sites excluding steroid dienone is 2. The average Bonchev–Trinajstić information content (AvgIpc) is 2.32. The molecule has 0 atom stereocenters. The molecule has 10 heteroatoms. The van der Waals surface area contributed by atoms with Crippen LogP contribution in [0.1, 0.15) is 15.9 Å². The number of carbonyl (C=O) groups excluding carboxylic acids is 1. The predicted molar refractivity (Wildman–Crippen MR) is 56.0 cm³/mol. The lowest BCUT2D eigenvalue weighted by atomic mass is 10.0. The Balaban J connectivity index is 3.29. The van der Waals surface area contributed by atoms with Crippen LogP contribution in [0.3, 0.4) is 0 Å². The molecule has 1 aromatic carbocycles. The van der Waals surface area contributed by atoms with Crippen molar-refractivity contribution in [2.24, 2.45) is 0 Å². The van der Waals surface area contributed by atoms with Crippen LogP contribution in [0.25, 0.3) is 0 Å². The highest BCUT2D eigenvalue weighted by molar-refractivity contribution is 6.05. The van der Waals surface area contributed by atoms with Gasteiger partial charge in [-0.05, 0) is 12.1 Å². The van der Waals surface area contributed by atoms with E-state index in [0.29, 0.717) is 18.2 Å². The summed E-state index contributed by atoms with van der Waals surface area (Å²) in [6.07, 6.45) is -17.4. The van der Waals surface area contributed by atoms with E-state index in [4.69, 9.17) is 0 Å². The number of halogens is 9. The largest absolute Gasteiger partial charge is 0.421 e. The minimum atomic E-state index is -5.87. The van der Waals surface area contributed by atoms with Crippen LogP contribution < -0.4 is 0 Å². The lowest BCUT2D eigenvalue weighted by Gasteiger charge is -2.14. The second-order valence-corrected chi connectivity index (χ2v) is 4.00. The van der Waals surface area contributed by atoms with Crippen LogP contribution in [0.2, 0.25) is 0 Å². The van der Waals surface area contributed by atoms with E-state index in [1.807, 2.05) is 0 Å². The van der Waals surface area contributed by atoms with Gasteiger partial charge >= 0.3 is 18.5 Å². The third-order valence-corrected chi connectivity index (χ3v) is 2.36. The quantitative estimate of drug-likeness (QED) is 0.425. The highest BCUT2D eigenvalue weighted by Gasteiger charge is 2.51. The molecule has 0 unspecified atom stereocenters. The number of benzene rings is 1. The maximum Gasteiger partial charge on any atom is 0.421 e. The lowest BCUT2D eigenvalue weighted by Crippen LogP contribution is -2.27. The van der Waals surface area contributed by atoms with Crippen LogP contribution in [0.5, 0.6) is 0 Å². The van der Waals surface area contributed by atoms with Crippen molar-refractivity contribution >= 4 is 5.78 Å². The topological polar surface area (TPSA) is 17.1 Å². The molecule has 0 saturated heterocycles. The Morgan fingerprint density at radius 1 is 0.864 bits per heavy atom. The molecule has 1 aromatic rings. The predicted octanol–water partition coefficient (Wildman–Crippen LogP) is 4.94. The Labute approximate surface area is 117 Å². The number of hydrogen-bond donors (Lipinski definition) is 0. The van der Waals surface area contributed by atoms with Gasteiger partial charge in [-0.1, -0.05) is 12.1 Å². The first kappa shape index (κ1) is 18.1. The molecular weight excluding hydrogens is 331 g/mol. The van der Waals surface area contributed by atoms with Crippen molar-refractivity contribution in [2.75, 3.05) is 0 Å². The van der Waals surface area contributed by atoms with Crippen LogP contribution >= 0.6 is 0 Å². The molecule has 0 heterocycles. The van der Waals surface area contributed by atoms with E-state index in [1.165, 1.54) is 0 Å². The summed E-state index contributed by atoms with van der Waals surface area (Å²) in [5.74, 6) is -1.84. The molecule has 0 saturated carbocycles. The van der Waals surface area contributed by atoms with Crippen molar-refractivity contribution in [3.8, 4) is 0 Å². The Morgan fingerprint density at radius 3 is 1.77 bits per heavy atom. The second kappa shape index (κ2) is 5.65. The molecule has 0 aromatic heterocycles. The minimum Gasteiger partial charge on any atom is -0.289 e. The maximum atomic E-state index is 12.4. The molecule has 0 aliphatic rings. The van der Waals surface area contributed by atoms with Crippen molar-refractivity contribution in [3.05, 3.63) is 47.0 Å². The fourth-order valence-corrected chi connectivity index (χ4v) is 1.39. The number of rotatable bonds is 2. The molecule has 122 valence electrons. The first-order valence-corrected chi connectivity index (χ1v) is 5.30. The van der Waals surface area contributed by atoms with Gasteiger partial charge < -0.3 is 0 Å². The average molecular weight is 336 g/mol. The maximum absolute atomic E-state index is 12.4. The van der Waals surface area contributed by atoms with Crippen LogP contribution in [0.15, 0.2) is 35.9 Å². The van der Waals surface area contributed by atoms with E-state index in [1.54, 1.807) is 0 Å². The van der Waals surface area contributed by atoms with E-state index in [-0.39, 0.29) is 6.07 Å². The monoisotopic (exact) mass is 336 g/mol. The zero-order valence-electron chi connectivity index (χ0n) is 10.2. The van der Waals surface area contributed by atoms with Gasteiger partial charge in [0.25, 0.3) is 0 Å². The summed E-state index contributed by atoms with van der Waals surface area (Å²) in [6.45, 7) is 0. The fraction of sp³-hybridized carbons (Fsp3) is 0.250. The molecular formula is C12H5F9O. The summed E-state index contributed by atoms with van der Waals surface area (Å²) < 4.78 is 111. The van der Waals surface area contributed by atoms with Crippen LogP contribution in [0.4, 0.5) is 39.5 Å². The summed E-state index contributed by atoms with van der Waals surface area (Å²) in [5.41, 5.74) is -5.41. The summed E-state index contributed by atoms with van der Waals surface area (Å²) >= 11 is 0. The normalized spacial score (nSPS) is 13.0. The van der Waals surface area contributed by atoms with Gasteiger partial charge in [0.15, 0.2) is 5.78 Å². The van der Waals surface area contributed by atoms with Gasteiger partial charge in [-0.3, -0.25) is 4.79 Å². The zero-order chi connectivity index (χ0) is 17.3. The smallest absolute Gasteiger partial charge is 0.289 e. The van der Waals surface area contributed by atoms with Gasteiger partial charge in [0.2, 0.25) is 0 Å². The fourth-order valence-electron chi connectivity index (χ4n) is 1.39. The Hall–Kier alpha value is -2.00. The SMILES string of the molecule is O=C(C=C(C(F)(F)F)C(F)(F)F)c1cccc(C(F)(F)F)c1. The van der Waals surface area contributed by atoms with Crippen LogP contribution in [0, 0.1) is 0 Å². The van der Waals surface area contributed by atoms with Crippen molar-refractivity contribution in [1.29, 1.82) is 0 Å². The van der Waals surface area contributed by atoms with Gasteiger partial charge in [0.05, 0.1) is 5.56 Å². The summed E-state index contributed by atoms with van der Waals surface area (Å²) in [6, 6.07) is 2.07. The molecule has 0 bridgehead atoms. The van der Waals surface area contributed by atoms with Gasteiger partial charge in [-0.15, -0.1) is 0 Å². The third-order valence-electron chi connectivity index (χ3n) is 2.36. The summed E-state index contributed by atoms with van der Waals surface area (Å²) in [4.78, 5) is 11.4. The number of alkyl halides is 9. The first-order valence-electron chi connectivity index (χ1n) is 5.30. The Bertz CT molecular complexity index is 574. The van der Waals surface area contributed by atoms with Crippen molar-refractivity contribution in [2.45, 2.75) is 18.5 Å². The number of carbonyl (C=O) groups is 1. The summed E-state index contributed by atoms with van der Waals surface area (Å²) in [5, 5.41) is 0. The molecule has 0 fully saturated rings. The van der Waals surface area contributed by atoms with E-state index in [2.05, 4.69) is 0 Å². The van der Waals surface area contributed by atoms with Crippen molar-refractivity contribution in [1.82, 2.24) is 0 Å². The summed E-state index contributed by atoms with van der Waals surface area (Å²) in [7, 11) is 0. The number of hydrogen-bond acceptors (Lipinski definition) is 1. The molecule has 0 radical (unpaired) electrons. The molecule has 22 heavy (non-hydrogen) atoms. The Morgan fingerprint density at radius 2 is 1.36 bits per heavy atom.